The van der Waals surface area contributed by atoms with Crippen LogP contribution in [0, 0.1) is 5.92 Å². The molecule has 1 unspecified atom stereocenters. The molecule has 5 nitrogen and oxygen atoms in total. The molecule has 0 aliphatic heterocycles. The number of hydrogen-bond donors (Lipinski definition) is 1. The fourth-order valence-corrected chi connectivity index (χ4v) is 2.59. The zero-order chi connectivity index (χ0) is 15.2. The lowest BCUT2D eigenvalue weighted by Gasteiger charge is -2.26. The first kappa shape index (κ1) is 15.6. The maximum Gasteiger partial charge on any atom is 0.375 e. The summed E-state index contributed by atoms with van der Waals surface area (Å²) in [7, 11) is 0. The van der Waals surface area contributed by atoms with E-state index in [0.29, 0.717) is 0 Å². The summed E-state index contributed by atoms with van der Waals surface area (Å²) in [6.07, 6.45) is 6.14. The fraction of sp³-hybridized carbons (Fsp3) is 0.625. The van der Waals surface area contributed by atoms with Crippen LogP contribution < -0.4 is 5.32 Å². The van der Waals surface area contributed by atoms with Gasteiger partial charge in [0, 0.05) is 6.04 Å². The van der Waals surface area contributed by atoms with Crippen molar-refractivity contribution in [2.75, 3.05) is 0 Å². The van der Waals surface area contributed by atoms with Crippen LogP contribution in [0.4, 0.5) is 0 Å². The molecule has 116 valence electrons. The second-order valence-corrected chi connectivity index (χ2v) is 5.89. The molecule has 0 bridgehead atoms. The first-order valence-corrected chi connectivity index (χ1v) is 7.63. The van der Waals surface area contributed by atoms with E-state index in [1.165, 1.54) is 18.8 Å². The molecule has 0 saturated heterocycles. The van der Waals surface area contributed by atoms with Crippen molar-refractivity contribution in [3.63, 3.8) is 0 Å². The molecule has 1 heterocycles. The smallest absolute Gasteiger partial charge is 0.375 e. The van der Waals surface area contributed by atoms with Gasteiger partial charge in [0.05, 0.1) is 6.26 Å². The van der Waals surface area contributed by atoms with Gasteiger partial charge < -0.3 is 14.5 Å². The number of nitrogens with one attached hydrogen (secondary N) is 1. The summed E-state index contributed by atoms with van der Waals surface area (Å²) in [4.78, 5) is 24.3. The van der Waals surface area contributed by atoms with Crippen molar-refractivity contribution >= 4 is 11.9 Å². The van der Waals surface area contributed by atoms with Crippen LogP contribution in [0.1, 0.15) is 56.5 Å². The summed E-state index contributed by atoms with van der Waals surface area (Å²) in [6.45, 7) is 3.72. The molecule has 1 aliphatic carbocycles. The van der Waals surface area contributed by atoms with Gasteiger partial charge in [0.2, 0.25) is 5.76 Å². The van der Waals surface area contributed by atoms with Gasteiger partial charge in [0.1, 0.15) is 0 Å². The Labute approximate surface area is 125 Å². The number of rotatable bonds is 5. The van der Waals surface area contributed by atoms with Gasteiger partial charge in [-0.1, -0.05) is 33.1 Å². The van der Waals surface area contributed by atoms with Crippen LogP contribution in [-0.4, -0.2) is 24.0 Å². The maximum atomic E-state index is 12.3. The SMILES string of the molecule is CC(C)C(OC(=O)c1ccco1)C(=O)NC1CCCCC1. The third-order valence-corrected chi connectivity index (χ3v) is 3.77. The predicted molar refractivity (Wildman–Crippen MR) is 77.8 cm³/mol. The average molecular weight is 293 g/mol. The molecule has 1 N–H and O–H groups in total. The minimum absolute atomic E-state index is 0.0903. The first-order valence-electron chi connectivity index (χ1n) is 7.63. The Morgan fingerprint density at radius 3 is 2.57 bits per heavy atom. The Bertz CT molecular complexity index is 461. The van der Waals surface area contributed by atoms with Crippen molar-refractivity contribution in [2.24, 2.45) is 5.92 Å². The van der Waals surface area contributed by atoms with Crippen molar-refractivity contribution in [1.82, 2.24) is 5.32 Å². The summed E-state index contributed by atoms with van der Waals surface area (Å²) in [5.41, 5.74) is 0. The maximum absolute atomic E-state index is 12.3. The van der Waals surface area contributed by atoms with Crippen molar-refractivity contribution < 1.29 is 18.7 Å². The number of carbonyl (C=O) groups excluding carboxylic acids is 2. The number of esters is 1. The van der Waals surface area contributed by atoms with Gasteiger partial charge in [-0.05, 0) is 30.9 Å². The monoisotopic (exact) mass is 293 g/mol. The fourth-order valence-electron chi connectivity index (χ4n) is 2.59. The van der Waals surface area contributed by atoms with Crippen LogP contribution in [-0.2, 0) is 9.53 Å². The quantitative estimate of drug-likeness (QED) is 0.848. The Balaban J connectivity index is 1.94. The number of amides is 1. The Morgan fingerprint density at radius 2 is 2.00 bits per heavy atom. The molecule has 0 radical (unpaired) electrons. The van der Waals surface area contributed by atoms with E-state index < -0.39 is 12.1 Å². The van der Waals surface area contributed by atoms with E-state index in [2.05, 4.69) is 5.32 Å². The minimum Gasteiger partial charge on any atom is -0.457 e. The predicted octanol–water partition coefficient (Wildman–Crippen LogP) is 2.91. The van der Waals surface area contributed by atoms with Gasteiger partial charge in [0.25, 0.3) is 5.91 Å². The van der Waals surface area contributed by atoms with Gasteiger partial charge in [-0.25, -0.2) is 4.79 Å². The van der Waals surface area contributed by atoms with Crippen molar-refractivity contribution in [1.29, 1.82) is 0 Å². The number of ether oxygens (including phenoxy) is 1. The largest absolute Gasteiger partial charge is 0.457 e. The molecule has 1 aromatic heterocycles. The van der Waals surface area contributed by atoms with Crippen molar-refractivity contribution in [3.8, 4) is 0 Å². The van der Waals surface area contributed by atoms with Crippen LogP contribution >= 0.6 is 0 Å². The number of furan rings is 1. The lowest BCUT2D eigenvalue weighted by molar-refractivity contribution is -0.133. The van der Waals surface area contributed by atoms with Gasteiger partial charge in [-0.2, -0.15) is 0 Å². The highest BCUT2D eigenvalue weighted by Crippen LogP contribution is 2.18. The Kier molecular flexibility index (Phi) is 5.42. The molecule has 1 aromatic rings. The Morgan fingerprint density at radius 1 is 1.29 bits per heavy atom. The molecule has 1 aliphatic rings. The highest BCUT2D eigenvalue weighted by Gasteiger charge is 2.29. The summed E-state index contributed by atoms with van der Waals surface area (Å²) in [5, 5.41) is 3.00. The number of hydrogen-bond acceptors (Lipinski definition) is 4. The van der Waals surface area contributed by atoms with Crippen LogP contribution in [0.5, 0.6) is 0 Å². The molecule has 1 saturated carbocycles. The van der Waals surface area contributed by atoms with E-state index in [-0.39, 0.29) is 23.6 Å². The zero-order valence-corrected chi connectivity index (χ0v) is 12.6. The summed E-state index contributed by atoms with van der Waals surface area (Å²) in [6, 6.07) is 3.34. The topological polar surface area (TPSA) is 68.5 Å². The third-order valence-electron chi connectivity index (χ3n) is 3.77. The van der Waals surface area contributed by atoms with Gasteiger partial charge in [-0.15, -0.1) is 0 Å². The van der Waals surface area contributed by atoms with Gasteiger partial charge in [0.15, 0.2) is 6.10 Å². The highest BCUT2D eigenvalue weighted by molar-refractivity contribution is 5.90. The van der Waals surface area contributed by atoms with E-state index in [9.17, 15) is 9.59 Å². The van der Waals surface area contributed by atoms with Crippen molar-refractivity contribution in [3.05, 3.63) is 24.2 Å². The second kappa shape index (κ2) is 7.29. The van der Waals surface area contributed by atoms with Crippen LogP contribution in [0.3, 0.4) is 0 Å². The van der Waals surface area contributed by atoms with E-state index in [1.54, 1.807) is 6.07 Å². The molecule has 1 amide bonds. The molecule has 5 heteroatoms. The molecule has 0 spiro atoms. The normalized spacial score (nSPS) is 17.5. The highest BCUT2D eigenvalue weighted by atomic mass is 16.6. The minimum atomic E-state index is -0.787. The molecule has 21 heavy (non-hydrogen) atoms. The third kappa shape index (κ3) is 4.34. The van der Waals surface area contributed by atoms with E-state index in [4.69, 9.17) is 9.15 Å². The van der Waals surface area contributed by atoms with Crippen molar-refractivity contribution in [2.45, 2.75) is 58.1 Å². The lowest BCUT2D eigenvalue weighted by atomic mass is 9.95. The molecule has 0 aromatic carbocycles. The summed E-state index contributed by atoms with van der Waals surface area (Å²) < 4.78 is 10.3. The average Bonchev–Trinajstić information content (AvgIpc) is 2.99. The van der Waals surface area contributed by atoms with Crippen LogP contribution in [0.25, 0.3) is 0 Å². The summed E-state index contributed by atoms with van der Waals surface area (Å²) >= 11 is 0. The van der Waals surface area contributed by atoms with E-state index in [0.717, 1.165) is 25.7 Å². The van der Waals surface area contributed by atoms with Crippen LogP contribution in [0.15, 0.2) is 22.8 Å². The summed E-state index contributed by atoms with van der Waals surface area (Å²) in [5.74, 6) is -0.784. The lowest BCUT2D eigenvalue weighted by Crippen LogP contribution is -2.46. The molecule has 2 rings (SSSR count). The second-order valence-electron chi connectivity index (χ2n) is 5.89. The molecule has 1 atom stereocenters. The molecular weight excluding hydrogens is 270 g/mol. The van der Waals surface area contributed by atoms with Crippen LogP contribution in [0.2, 0.25) is 0 Å². The molecular formula is C16H23NO4. The van der Waals surface area contributed by atoms with E-state index in [1.807, 2.05) is 13.8 Å². The van der Waals surface area contributed by atoms with Gasteiger partial charge >= 0.3 is 5.97 Å². The van der Waals surface area contributed by atoms with E-state index >= 15 is 0 Å². The Hall–Kier alpha value is -1.78. The standard InChI is InChI=1S/C16H23NO4/c1-11(2)14(21-16(19)13-9-6-10-20-13)15(18)17-12-7-4-3-5-8-12/h6,9-12,14H,3-5,7-8H2,1-2H3,(H,17,18). The van der Waals surface area contributed by atoms with Gasteiger partial charge in [-0.3, -0.25) is 4.79 Å². The molecule has 1 fully saturated rings. The first-order chi connectivity index (χ1) is 10.1. The zero-order valence-electron chi connectivity index (χ0n) is 12.6. The number of carbonyl (C=O) groups is 2.